The Morgan fingerprint density at radius 3 is 2.33 bits per heavy atom. The van der Waals surface area contributed by atoms with Gasteiger partial charge in [-0.15, -0.1) is 11.3 Å². The molecule has 0 bridgehead atoms. The van der Waals surface area contributed by atoms with Crippen LogP contribution in [0, 0.1) is 0 Å². The van der Waals surface area contributed by atoms with E-state index in [9.17, 15) is 22.8 Å². The molecule has 228 valence electrons. The topological polar surface area (TPSA) is 107 Å². The number of amides is 3. The molecule has 1 N–H and O–H groups in total. The first-order valence-corrected chi connectivity index (χ1v) is 17.1. The van der Waals surface area contributed by atoms with E-state index in [4.69, 9.17) is 0 Å². The summed E-state index contributed by atoms with van der Waals surface area (Å²) in [5, 5.41) is 3.41. The van der Waals surface area contributed by atoms with E-state index in [0.717, 1.165) is 41.7 Å². The van der Waals surface area contributed by atoms with Crippen LogP contribution < -0.4 is 9.62 Å². The molecule has 2 aromatic carbocycles. The monoisotopic (exact) mass is 622 g/mol. The van der Waals surface area contributed by atoms with Crippen LogP contribution in [0.5, 0.6) is 0 Å². The highest BCUT2D eigenvalue weighted by Gasteiger charge is 2.32. The van der Waals surface area contributed by atoms with Crippen LogP contribution in [0.2, 0.25) is 0 Å². The van der Waals surface area contributed by atoms with E-state index in [1.165, 1.54) is 46.8 Å². The number of fused-ring (bicyclic) bond motifs is 2. The third kappa shape index (κ3) is 6.19. The van der Waals surface area contributed by atoms with Crippen LogP contribution >= 0.6 is 11.3 Å². The lowest BCUT2D eigenvalue weighted by atomic mass is 10.0. The number of nitrogens with one attached hydrogen (secondary N) is 1. The molecule has 0 unspecified atom stereocenters. The molecule has 0 atom stereocenters. The van der Waals surface area contributed by atoms with Gasteiger partial charge < -0.3 is 15.1 Å². The maximum atomic E-state index is 13.8. The van der Waals surface area contributed by atoms with Gasteiger partial charge in [-0.25, -0.2) is 8.42 Å². The molecule has 11 heteroatoms. The summed E-state index contributed by atoms with van der Waals surface area (Å²) < 4.78 is 28.6. The second kappa shape index (κ2) is 12.9. The number of anilines is 2. The van der Waals surface area contributed by atoms with Crippen molar-refractivity contribution in [2.75, 3.05) is 35.8 Å². The molecule has 0 fully saturated rings. The van der Waals surface area contributed by atoms with Gasteiger partial charge in [0.1, 0.15) is 5.00 Å². The second-order valence-corrected chi connectivity index (χ2v) is 13.9. The zero-order chi connectivity index (χ0) is 30.7. The molecule has 0 aliphatic carbocycles. The van der Waals surface area contributed by atoms with Crippen molar-refractivity contribution in [2.24, 2.45) is 0 Å². The van der Waals surface area contributed by atoms with Crippen molar-refractivity contribution in [1.29, 1.82) is 0 Å². The first-order valence-electron chi connectivity index (χ1n) is 14.9. The Morgan fingerprint density at radius 2 is 1.65 bits per heavy atom. The Bertz CT molecular complexity index is 1630. The van der Waals surface area contributed by atoms with E-state index in [2.05, 4.69) is 5.32 Å². The molecule has 5 rings (SSSR count). The molecule has 1 aromatic heterocycles. The fourth-order valence-corrected chi connectivity index (χ4v) is 8.62. The van der Waals surface area contributed by atoms with Crippen molar-refractivity contribution in [1.82, 2.24) is 9.80 Å². The van der Waals surface area contributed by atoms with Gasteiger partial charge in [0.05, 0.1) is 22.7 Å². The molecule has 0 spiro atoms. The summed E-state index contributed by atoms with van der Waals surface area (Å²) in [6, 6.07) is 13.5. The summed E-state index contributed by atoms with van der Waals surface area (Å²) in [6.45, 7) is 8.13. The number of carbonyl (C=O) groups is 3. The van der Waals surface area contributed by atoms with Gasteiger partial charge >= 0.3 is 0 Å². The zero-order valence-electron chi connectivity index (χ0n) is 24.9. The summed E-state index contributed by atoms with van der Waals surface area (Å²) in [5.74, 6) is -0.573. The van der Waals surface area contributed by atoms with Gasteiger partial charge in [-0.3, -0.25) is 18.7 Å². The highest BCUT2D eigenvalue weighted by Crippen LogP contribution is 2.38. The van der Waals surface area contributed by atoms with Gasteiger partial charge in [-0.05, 0) is 73.6 Å². The van der Waals surface area contributed by atoms with Gasteiger partial charge in [-0.2, -0.15) is 0 Å². The van der Waals surface area contributed by atoms with E-state index >= 15 is 0 Å². The van der Waals surface area contributed by atoms with Crippen molar-refractivity contribution in [3.8, 4) is 0 Å². The van der Waals surface area contributed by atoms with Gasteiger partial charge in [-0.1, -0.05) is 32.0 Å². The molecule has 0 radical (unpaired) electrons. The van der Waals surface area contributed by atoms with Gasteiger partial charge in [0.15, 0.2) is 0 Å². The number of aryl methyl sites for hydroxylation is 1. The average molecular weight is 623 g/mol. The molecule has 43 heavy (non-hydrogen) atoms. The normalized spacial score (nSPS) is 14.6. The number of sulfonamides is 1. The Hall–Kier alpha value is -3.70. The lowest BCUT2D eigenvalue weighted by Gasteiger charge is -2.30. The molecule has 0 saturated heterocycles. The van der Waals surface area contributed by atoms with Gasteiger partial charge in [0.25, 0.3) is 21.8 Å². The average Bonchev–Trinajstić information content (AvgIpc) is 3.37. The van der Waals surface area contributed by atoms with E-state index < -0.39 is 15.9 Å². The number of hydrogen-bond donors (Lipinski definition) is 1. The van der Waals surface area contributed by atoms with E-state index in [1.807, 2.05) is 43.0 Å². The lowest BCUT2D eigenvalue weighted by molar-refractivity contribution is -0.129. The maximum absolute atomic E-state index is 13.8. The largest absolute Gasteiger partial charge is 0.339 e. The maximum Gasteiger partial charge on any atom is 0.264 e. The second-order valence-electron chi connectivity index (χ2n) is 11.0. The highest BCUT2D eigenvalue weighted by molar-refractivity contribution is 7.92. The zero-order valence-corrected chi connectivity index (χ0v) is 26.5. The Balaban J connectivity index is 1.42. The van der Waals surface area contributed by atoms with Crippen molar-refractivity contribution < 1.29 is 22.8 Å². The van der Waals surface area contributed by atoms with E-state index in [0.29, 0.717) is 55.4 Å². The molecular formula is C32H38N4O5S2. The Kier molecular flexibility index (Phi) is 9.22. The molecule has 2 aliphatic rings. The molecule has 0 saturated carbocycles. The van der Waals surface area contributed by atoms with Crippen LogP contribution in [0.25, 0.3) is 0 Å². The summed E-state index contributed by atoms with van der Waals surface area (Å²) in [5.41, 5.74) is 3.37. The first-order chi connectivity index (χ1) is 20.6. The summed E-state index contributed by atoms with van der Waals surface area (Å²) in [6.07, 6.45) is 3.74. The SMILES string of the molecule is CCCN(CCC)C(=O)c1c(NC(=O)c2ccc(S(=O)(=O)N3CCCc4ccccc43)cc2)sc2c1CCN(C(C)=O)C2. The fraction of sp³-hybridized carbons (Fsp3) is 0.406. The van der Waals surface area contributed by atoms with Crippen LogP contribution in [0.3, 0.4) is 0 Å². The lowest BCUT2D eigenvalue weighted by Crippen LogP contribution is -2.36. The number of carbonyl (C=O) groups excluding carboxylic acids is 3. The van der Waals surface area contributed by atoms with Crippen LogP contribution in [-0.2, 0) is 34.2 Å². The third-order valence-electron chi connectivity index (χ3n) is 7.99. The van der Waals surface area contributed by atoms with Crippen LogP contribution in [0.1, 0.15) is 76.8 Å². The fourth-order valence-electron chi connectivity index (χ4n) is 5.83. The third-order valence-corrected chi connectivity index (χ3v) is 10.9. The predicted molar refractivity (Wildman–Crippen MR) is 169 cm³/mol. The minimum atomic E-state index is -3.81. The van der Waals surface area contributed by atoms with Gasteiger partial charge in [0.2, 0.25) is 5.91 Å². The number of rotatable bonds is 9. The number of benzene rings is 2. The van der Waals surface area contributed by atoms with E-state index in [1.54, 1.807) is 4.90 Å². The Morgan fingerprint density at radius 1 is 0.953 bits per heavy atom. The molecule has 2 aliphatic heterocycles. The smallest absolute Gasteiger partial charge is 0.264 e. The molecule has 3 heterocycles. The molecular weight excluding hydrogens is 585 g/mol. The molecule has 3 amide bonds. The van der Waals surface area contributed by atoms with Gasteiger partial charge in [0, 0.05) is 43.5 Å². The highest BCUT2D eigenvalue weighted by atomic mass is 32.2. The van der Waals surface area contributed by atoms with Crippen LogP contribution in [-0.4, -0.2) is 62.1 Å². The van der Waals surface area contributed by atoms with Crippen LogP contribution in [0.4, 0.5) is 10.7 Å². The minimum absolute atomic E-state index is 0.0285. The Labute approximate surface area is 257 Å². The number of hydrogen-bond acceptors (Lipinski definition) is 6. The summed E-state index contributed by atoms with van der Waals surface area (Å²) >= 11 is 1.33. The summed E-state index contributed by atoms with van der Waals surface area (Å²) in [4.78, 5) is 44.0. The molecule has 9 nitrogen and oxygen atoms in total. The minimum Gasteiger partial charge on any atom is -0.339 e. The van der Waals surface area contributed by atoms with Crippen molar-refractivity contribution >= 4 is 49.8 Å². The number of para-hydroxylation sites is 1. The van der Waals surface area contributed by atoms with E-state index in [-0.39, 0.29) is 22.3 Å². The van der Waals surface area contributed by atoms with Crippen LogP contribution in [0.15, 0.2) is 53.4 Å². The quantitative estimate of drug-likeness (QED) is 0.348. The summed E-state index contributed by atoms with van der Waals surface area (Å²) in [7, 11) is -3.81. The number of nitrogens with zero attached hydrogens (tertiary/aromatic N) is 3. The molecule has 3 aromatic rings. The van der Waals surface area contributed by atoms with Crippen molar-refractivity contribution in [3.05, 3.63) is 75.7 Å². The van der Waals surface area contributed by atoms with Crippen molar-refractivity contribution in [3.63, 3.8) is 0 Å². The standard InChI is InChI=1S/C32H38N4O5S2/c1-4-17-34(18-5-2)32(39)29-26-16-20-35(22(3)37)21-28(26)42-31(29)33-30(38)24-12-14-25(15-13-24)43(40,41)36-19-8-10-23-9-6-7-11-27(23)36/h6-7,9,11-15H,4-5,8,10,16-21H2,1-3H3,(H,33,38). The first kappa shape index (κ1) is 30.7. The predicted octanol–water partition coefficient (Wildman–Crippen LogP) is 5.31. The number of thiophene rings is 1. The van der Waals surface area contributed by atoms with Crippen molar-refractivity contribution in [2.45, 2.75) is 64.3 Å².